The van der Waals surface area contributed by atoms with E-state index in [0.717, 1.165) is 32.4 Å². The number of piperazine rings is 1. The molecule has 2 aliphatic heterocycles. The molecule has 3 heterocycles. The van der Waals surface area contributed by atoms with Crippen molar-refractivity contribution < 1.29 is 22.7 Å². The predicted octanol–water partition coefficient (Wildman–Crippen LogP) is 2.34. The molecule has 0 radical (unpaired) electrons. The van der Waals surface area contributed by atoms with Crippen molar-refractivity contribution in [2.24, 2.45) is 0 Å². The molecule has 2 aromatic rings. The number of aromatic nitrogens is 1. The summed E-state index contributed by atoms with van der Waals surface area (Å²) in [4.78, 5) is 27.9. The molecule has 0 atom stereocenters. The summed E-state index contributed by atoms with van der Waals surface area (Å²) in [5.41, 5.74) is 0.977. The summed E-state index contributed by atoms with van der Waals surface area (Å²) in [5.74, 6) is -0.121. The molecule has 33 heavy (non-hydrogen) atoms. The maximum Gasteiger partial charge on any atom is 0.293 e. The third-order valence-corrected chi connectivity index (χ3v) is 8.35. The average molecular weight is 478 g/mol. The Morgan fingerprint density at radius 2 is 1.73 bits per heavy atom. The van der Waals surface area contributed by atoms with Crippen molar-refractivity contribution in [3.63, 3.8) is 0 Å². The number of carbonyl (C=O) groups is 1. The SMILES string of the molecule is Cc1noc(C)c1S(=O)(=O)N1CCN(C(=O)c2ccc(N3CCCCC3)c([N+](=O)[O-])c2)CC1. The van der Waals surface area contributed by atoms with Gasteiger partial charge in [-0.2, -0.15) is 4.31 Å². The fourth-order valence-corrected chi connectivity index (χ4v) is 6.20. The summed E-state index contributed by atoms with van der Waals surface area (Å²) in [6, 6.07) is 4.60. The van der Waals surface area contributed by atoms with Crippen molar-refractivity contribution in [2.45, 2.75) is 38.0 Å². The van der Waals surface area contributed by atoms with Crippen molar-refractivity contribution >= 4 is 27.3 Å². The molecule has 2 fully saturated rings. The Labute approximate surface area is 192 Å². The van der Waals surface area contributed by atoms with Crippen LogP contribution in [0.2, 0.25) is 0 Å². The lowest BCUT2D eigenvalue weighted by Gasteiger charge is -2.34. The topological polar surface area (TPSA) is 130 Å². The van der Waals surface area contributed by atoms with Crippen molar-refractivity contribution in [1.29, 1.82) is 0 Å². The van der Waals surface area contributed by atoms with Gasteiger partial charge >= 0.3 is 0 Å². The van der Waals surface area contributed by atoms with Crippen LogP contribution in [-0.4, -0.2) is 72.9 Å². The summed E-state index contributed by atoms with van der Waals surface area (Å²) in [6.45, 7) is 5.24. The van der Waals surface area contributed by atoms with Crippen LogP contribution >= 0.6 is 0 Å². The van der Waals surface area contributed by atoms with E-state index in [1.807, 2.05) is 4.90 Å². The number of nitro benzene ring substituents is 1. The number of hydrogen-bond donors (Lipinski definition) is 0. The van der Waals surface area contributed by atoms with E-state index in [0.29, 0.717) is 11.4 Å². The van der Waals surface area contributed by atoms with E-state index < -0.39 is 14.9 Å². The summed E-state index contributed by atoms with van der Waals surface area (Å²) in [7, 11) is -3.79. The Bertz CT molecular complexity index is 1140. The van der Waals surface area contributed by atoms with E-state index in [1.165, 1.54) is 15.3 Å². The third kappa shape index (κ3) is 4.44. The highest BCUT2D eigenvalue weighted by molar-refractivity contribution is 7.89. The molecule has 4 rings (SSSR count). The molecule has 2 saturated heterocycles. The molecule has 0 unspecified atom stereocenters. The van der Waals surface area contributed by atoms with Crippen LogP contribution in [0.4, 0.5) is 11.4 Å². The smallest absolute Gasteiger partial charge is 0.293 e. The fraction of sp³-hybridized carbons (Fsp3) is 0.524. The van der Waals surface area contributed by atoms with Crippen molar-refractivity contribution in [3.05, 3.63) is 45.3 Å². The highest BCUT2D eigenvalue weighted by Crippen LogP contribution is 2.32. The molecule has 11 nitrogen and oxygen atoms in total. The van der Waals surface area contributed by atoms with E-state index in [1.54, 1.807) is 26.0 Å². The van der Waals surface area contributed by atoms with Gasteiger partial charge in [-0.15, -0.1) is 0 Å². The number of nitro groups is 1. The van der Waals surface area contributed by atoms with Gasteiger partial charge in [0.1, 0.15) is 16.3 Å². The van der Waals surface area contributed by atoms with Crippen molar-refractivity contribution in [3.8, 4) is 0 Å². The highest BCUT2D eigenvalue weighted by atomic mass is 32.2. The first-order chi connectivity index (χ1) is 15.7. The van der Waals surface area contributed by atoms with Crippen LogP contribution in [0.3, 0.4) is 0 Å². The zero-order valence-electron chi connectivity index (χ0n) is 18.7. The van der Waals surface area contributed by atoms with Gasteiger partial charge in [0.25, 0.3) is 11.6 Å². The molecule has 0 N–H and O–H groups in total. The van der Waals surface area contributed by atoms with Crippen LogP contribution < -0.4 is 4.90 Å². The van der Waals surface area contributed by atoms with Gasteiger partial charge in [0.15, 0.2) is 5.76 Å². The number of hydrogen-bond acceptors (Lipinski definition) is 8. The molecule has 178 valence electrons. The summed E-state index contributed by atoms with van der Waals surface area (Å²) >= 11 is 0. The van der Waals surface area contributed by atoms with Gasteiger partial charge in [0.05, 0.1) is 4.92 Å². The fourth-order valence-electron chi connectivity index (χ4n) is 4.49. The second kappa shape index (κ2) is 9.10. The Morgan fingerprint density at radius 1 is 1.06 bits per heavy atom. The number of rotatable bonds is 5. The van der Waals surface area contributed by atoms with Crippen LogP contribution in [0.1, 0.15) is 41.1 Å². The third-order valence-electron chi connectivity index (χ3n) is 6.21. The number of anilines is 1. The van der Waals surface area contributed by atoms with E-state index in [-0.39, 0.29) is 54.0 Å². The molecule has 1 aromatic heterocycles. The zero-order chi connectivity index (χ0) is 23.8. The van der Waals surface area contributed by atoms with Crippen LogP contribution in [0.5, 0.6) is 0 Å². The second-order valence-corrected chi connectivity index (χ2v) is 10.2. The zero-order valence-corrected chi connectivity index (χ0v) is 19.5. The normalized spacial score (nSPS) is 17.9. The Balaban J connectivity index is 1.48. The summed E-state index contributed by atoms with van der Waals surface area (Å²) in [6.07, 6.45) is 3.08. The molecule has 0 aliphatic carbocycles. The first kappa shape index (κ1) is 23.2. The van der Waals surface area contributed by atoms with Gasteiger partial charge in [-0.3, -0.25) is 14.9 Å². The van der Waals surface area contributed by atoms with E-state index in [2.05, 4.69) is 5.16 Å². The van der Waals surface area contributed by atoms with Gasteiger partial charge in [-0.1, -0.05) is 5.16 Å². The van der Waals surface area contributed by atoms with Crippen molar-refractivity contribution in [1.82, 2.24) is 14.4 Å². The Hall–Kier alpha value is -2.99. The monoisotopic (exact) mass is 477 g/mol. The predicted molar refractivity (Wildman–Crippen MR) is 120 cm³/mol. The van der Waals surface area contributed by atoms with Gasteiger partial charge in [0, 0.05) is 50.9 Å². The number of carbonyl (C=O) groups excluding carboxylic acids is 1. The number of amides is 1. The molecule has 0 bridgehead atoms. The molecular formula is C21H27N5O6S. The summed E-state index contributed by atoms with van der Waals surface area (Å²) in [5, 5.41) is 15.4. The molecule has 0 saturated carbocycles. The van der Waals surface area contributed by atoms with Crippen LogP contribution in [0.25, 0.3) is 0 Å². The van der Waals surface area contributed by atoms with Crippen LogP contribution in [-0.2, 0) is 10.0 Å². The van der Waals surface area contributed by atoms with Gasteiger partial charge in [-0.05, 0) is 45.2 Å². The lowest BCUT2D eigenvalue weighted by atomic mass is 10.1. The standard InChI is InChI=1S/C21H27N5O6S/c1-15-20(16(2)32-22-15)33(30,31)25-12-10-24(11-13-25)21(27)17-6-7-18(19(14-17)26(28)29)23-8-4-3-5-9-23/h6-7,14H,3-5,8-13H2,1-2H3. The molecule has 2 aliphatic rings. The highest BCUT2D eigenvalue weighted by Gasteiger charge is 2.35. The lowest BCUT2D eigenvalue weighted by molar-refractivity contribution is -0.384. The minimum absolute atomic E-state index is 0.0613. The van der Waals surface area contributed by atoms with E-state index in [4.69, 9.17) is 4.52 Å². The number of benzene rings is 1. The van der Waals surface area contributed by atoms with Gasteiger partial charge < -0.3 is 14.3 Å². The van der Waals surface area contributed by atoms with Crippen LogP contribution in [0.15, 0.2) is 27.6 Å². The maximum absolute atomic E-state index is 13.1. The van der Waals surface area contributed by atoms with E-state index in [9.17, 15) is 23.3 Å². The molecule has 0 spiro atoms. The number of nitrogens with zero attached hydrogens (tertiary/aromatic N) is 5. The first-order valence-corrected chi connectivity index (χ1v) is 12.4. The number of piperidine rings is 1. The average Bonchev–Trinajstić information content (AvgIpc) is 3.17. The number of aryl methyl sites for hydroxylation is 2. The van der Waals surface area contributed by atoms with Crippen LogP contribution in [0, 0.1) is 24.0 Å². The minimum Gasteiger partial charge on any atom is -0.366 e. The van der Waals surface area contributed by atoms with Gasteiger partial charge in [-0.25, -0.2) is 8.42 Å². The largest absolute Gasteiger partial charge is 0.366 e. The minimum atomic E-state index is -3.79. The van der Waals surface area contributed by atoms with E-state index >= 15 is 0 Å². The summed E-state index contributed by atoms with van der Waals surface area (Å²) < 4.78 is 32.3. The molecule has 1 aromatic carbocycles. The Kier molecular flexibility index (Phi) is 6.39. The lowest BCUT2D eigenvalue weighted by Crippen LogP contribution is -2.50. The first-order valence-electron chi connectivity index (χ1n) is 11.0. The van der Waals surface area contributed by atoms with Crippen molar-refractivity contribution in [2.75, 3.05) is 44.2 Å². The molecular weight excluding hydrogens is 450 g/mol. The number of sulfonamides is 1. The molecule has 1 amide bonds. The maximum atomic E-state index is 13.1. The quantitative estimate of drug-likeness (QED) is 0.474. The Morgan fingerprint density at radius 3 is 2.30 bits per heavy atom. The van der Waals surface area contributed by atoms with Gasteiger partial charge in [0.2, 0.25) is 10.0 Å². The second-order valence-electron chi connectivity index (χ2n) is 8.36. The molecule has 12 heteroatoms.